The van der Waals surface area contributed by atoms with Gasteiger partial charge in [-0.15, -0.1) is 0 Å². The summed E-state index contributed by atoms with van der Waals surface area (Å²) >= 11 is 0. The Morgan fingerprint density at radius 3 is 2.60 bits per heavy atom. The van der Waals surface area contributed by atoms with Crippen LogP contribution in [-0.4, -0.2) is 34.0 Å². The van der Waals surface area contributed by atoms with E-state index >= 15 is 0 Å². The van der Waals surface area contributed by atoms with Crippen molar-refractivity contribution < 1.29 is 19.7 Å². The van der Waals surface area contributed by atoms with Gasteiger partial charge in [-0.2, -0.15) is 0 Å². The first kappa shape index (κ1) is 16.9. The largest absolute Gasteiger partial charge is 0.456 e. The topological polar surface area (TPSA) is 66.8 Å². The molecular formula is C16H26O4. The fourth-order valence-corrected chi connectivity index (χ4v) is 2.22. The van der Waals surface area contributed by atoms with Crippen LogP contribution in [-0.2, 0) is 9.53 Å². The molecule has 0 saturated carbocycles. The van der Waals surface area contributed by atoms with Crippen LogP contribution in [0.1, 0.15) is 53.4 Å². The molecule has 0 unspecified atom stereocenters. The predicted molar refractivity (Wildman–Crippen MR) is 78.2 cm³/mol. The molecule has 1 fully saturated rings. The molecule has 3 atom stereocenters. The molecule has 1 saturated heterocycles. The number of rotatable bonds is 6. The van der Waals surface area contributed by atoms with Gasteiger partial charge in [-0.1, -0.05) is 17.7 Å². The lowest BCUT2D eigenvalue weighted by molar-refractivity contribution is -0.149. The Hall–Kier alpha value is -1.13. The van der Waals surface area contributed by atoms with Crippen LogP contribution in [0.2, 0.25) is 0 Å². The van der Waals surface area contributed by atoms with Crippen LogP contribution in [0, 0.1) is 0 Å². The molecule has 4 heteroatoms. The van der Waals surface area contributed by atoms with Crippen molar-refractivity contribution in [3.63, 3.8) is 0 Å². The number of esters is 1. The van der Waals surface area contributed by atoms with Gasteiger partial charge in [0.2, 0.25) is 0 Å². The third-order valence-corrected chi connectivity index (χ3v) is 3.79. The van der Waals surface area contributed by atoms with Crippen molar-refractivity contribution in [2.75, 3.05) is 0 Å². The zero-order chi connectivity index (χ0) is 15.3. The minimum atomic E-state index is -0.793. The van der Waals surface area contributed by atoms with Gasteiger partial charge in [0.25, 0.3) is 0 Å². The average Bonchev–Trinajstić information content (AvgIpc) is 2.59. The van der Waals surface area contributed by atoms with Gasteiger partial charge in [-0.25, -0.2) is 0 Å². The molecule has 2 N–H and O–H groups in total. The van der Waals surface area contributed by atoms with E-state index in [2.05, 4.69) is 0 Å². The number of hydrogen-bond donors (Lipinski definition) is 2. The molecule has 20 heavy (non-hydrogen) atoms. The Bertz CT molecular complexity index is 407. The first-order chi connectivity index (χ1) is 9.24. The molecule has 4 nitrogen and oxygen atoms in total. The van der Waals surface area contributed by atoms with Crippen LogP contribution in [0.4, 0.5) is 0 Å². The predicted octanol–water partition coefficient (Wildman–Crippen LogP) is 2.50. The summed E-state index contributed by atoms with van der Waals surface area (Å²) in [6, 6.07) is 0. The van der Waals surface area contributed by atoms with Gasteiger partial charge in [0, 0.05) is 0 Å². The lowest BCUT2D eigenvalue weighted by Gasteiger charge is -2.25. The fourth-order valence-electron chi connectivity index (χ4n) is 2.22. The summed E-state index contributed by atoms with van der Waals surface area (Å²) < 4.78 is 5.19. The van der Waals surface area contributed by atoms with E-state index in [4.69, 9.17) is 4.74 Å². The Balaban J connectivity index is 2.47. The highest BCUT2D eigenvalue weighted by atomic mass is 16.6. The molecular weight excluding hydrogens is 256 g/mol. The summed E-state index contributed by atoms with van der Waals surface area (Å²) in [5, 5.41) is 19.8. The lowest BCUT2D eigenvalue weighted by atomic mass is 9.93. The van der Waals surface area contributed by atoms with Crippen LogP contribution >= 0.6 is 0 Å². The van der Waals surface area contributed by atoms with Gasteiger partial charge >= 0.3 is 5.97 Å². The standard InChI is InChI=1S/C16H26O4/c1-11(2)7-8-13(17)12(3)6-5-9-16(4)14(18)10-15(19)20-16/h6-7,13-14,17-18H,5,8-10H2,1-4H3/b12-6+/t13-,14+,16-/m1/s1. The summed E-state index contributed by atoms with van der Waals surface area (Å²) in [5.74, 6) is -0.343. The highest BCUT2D eigenvalue weighted by Crippen LogP contribution is 2.31. The maximum absolute atomic E-state index is 11.2. The molecule has 0 aromatic rings. The van der Waals surface area contributed by atoms with Crippen LogP contribution in [0.5, 0.6) is 0 Å². The fraction of sp³-hybridized carbons (Fsp3) is 0.688. The Morgan fingerprint density at radius 1 is 1.45 bits per heavy atom. The third kappa shape index (κ3) is 4.76. The number of hydrogen-bond acceptors (Lipinski definition) is 4. The summed E-state index contributed by atoms with van der Waals surface area (Å²) in [6.07, 6.45) is 4.65. The van der Waals surface area contributed by atoms with Crippen LogP contribution in [0.3, 0.4) is 0 Å². The quantitative estimate of drug-likeness (QED) is 0.580. The van der Waals surface area contributed by atoms with Gasteiger partial charge in [0.05, 0.1) is 12.5 Å². The molecule has 0 aromatic carbocycles. The second kappa shape index (κ2) is 7.04. The molecule has 0 bridgehead atoms. The first-order valence-corrected chi connectivity index (χ1v) is 7.12. The second-order valence-corrected chi connectivity index (χ2v) is 6.03. The molecule has 0 spiro atoms. The SMILES string of the molecule is CC(C)=CC[C@@H](O)/C(C)=C/CC[C@@]1(C)OC(=O)C[C@@H]1O. The van der Waals surface area contributed by atoms with E-state index < -0.39 is 17.8 Å². The number of carbonyl (C=O) groups excluding carboxylic acids is 1. The molecule has 1 aliphatic heterocycles. The minimum Gasteiger partial charge on any atom is -0.456 e. The number of cyclic esters (lactones) is 1. The highest BCUT2D eigenvalue weighted by Gasteiger charge is 2.43. The van der Waals surface area contributed by atoms with Crippen molar-refractivity contribution in [1.29, 1.82) is 0 Å². The second-order valence-electron chi connectivity index (χ2n) is 6.03. The van der Waals surface area contributed by atoms with Crippen molar-refractivity contribution >= 4 is 5.97 Å². The van der Waals surface area contributed by atoms with Crippen molar-refractivity contribution in [1.82, 2.24) is 0 Å². The molecule has 1 heterocycles. The zero-order valence-corrected chi connectivity index (χ0v) is 12.8. The molecule has 0 amide bonds. The number of allylic oxidation sites excluding steroid dienone is 2. The first-order valence-electron chi connectivity index (χ1n) is 7.12. The number of ether oxygens (including phenoxy) is 1. The van der Waals surface area contributed by atoms with Crippen LogP contribution < -0.4 is 0 Å². The molecule has 0 radical (unpaired) electrons. The normalized spacial score (nSPS) is 28.2. The average molecular weight is 282 g/mol. The van der Waals surface area contributed by atoms with E-state index in [9.17, 15) is 15.0 Å². The number of aliphatic hydroxyl groups is 2. The molecule has 0 aliphatic carbocycles. The van der Waals surface area contributed by atoms with Gasteiger partial charge in [0.15, 0.2) is 0 Å². The minimum absolute atomic E-state index is 0.0718. The summed E-state index contributed by atoms with van der Waals surface area (Å²) in [7, 11) is 0. The van der Waals surface area contributed by atoms with E-state index in [-0.39, 0.29) is 12.4 Å². The van der Waals surface area contributed by atoms with E-state index in [0.717, 1.165) is 5.57 Å². The number of aliphatic hydroxyl groups excluding tert-OH is 2. The van der Waals surface area contributed by atoms with Gasteiger partial charge < -0.3 is 14.9 Å². The maximum atomic E-state index is 11.2. The lowest BCUT2D eigenvalue weighted by Crippen LogP contribution is -2.35. The van der Waals surface area contributed by atoms with E-state index in [1.54, 1.807) is 6.92 Å². The highest BCUT2D eigenvalue weighted by molar-refractivity contribution is 5.73. The Labute approximate surface area is 121 Å². The van der Waals surface area contributed by atoms with Crippen molar-refractivity contribution in [2.24, 2.45) is 0 Å². The van der Waals surface area contributed by atoms with Gasteiger partial charge in [-0.05, 0) is 52.5 Å². The van der Waals surface area contributed by atoms with Crippen molar-refractivity contribution in [3.05, 3.63) is 23.3 Å². The van der Waals surface area contributed by atoms with Crippen LogP contribution in [0.25, 0.3) is 0 Å². The number of carbonyl (C=O) groups is 1. The van der Waals surface area contributed by atoms with Crippen molar-refractivity contribution in [2.45, 2.75) is 71.2 Å². The smallest absolute Gasteiger partial charge is 0.309 e. The summed E-state index contributed by atoms with van der Waals surface area (Å²) in [6.45, 7) is 7.65. The van der Waals surface area contributed by atoms with Crippen molar-refractivity contribution in [3.8, 4) is 0 Å². The zero-order valence-electron chi connectivity index (χ0n) is 12.8. The monoisotopic (exact) mass is 282 g/mol. The summed E-state index contributed by atoms with van der Waals surface area (Å²) in [5.41, 5.74) is 1.30. The van der Waals surface area contributed by atoms with Gasteiger partial charge in [0.1, 0.15) is 11.7 Å². The molecule has 1 aliphatic rings. The Kier molecular flexibility index (Phi) is 5.96. The Morgan fingerprint density at radius 2 is 2.10 bits per heavy atom. The third-order valence-electron chi connectivity index (χ3n) is 3.79. The molecule has 1 rings (SSSR count). The van der Waals surface area contributed by atoms with Crippen LogP contribution in [0.15, 0.2) is 23.3 Å². The molecule has 114 valence electrons. The maximum Gasteiger partial charge on any atom is 0.309 e. The van der Waals surface area contributed by atoms with E-state index in [1.807, 2.05) is 32.9 Å². The van der Waals surface area contributed by atoms with E-state index in [0.29, 0.717) is 19.3 Å². The van der Waals surface area contributed by atoms with Gasteiger partial charge in [-0.3, -0.25) is 4.79 Å². The summed E-state index contributed by atoms with van der Waals surface area (Å²) in [4.78, 5) is 11.2. The van der Waals surface area contributed by atoms with E-state index in [1.165, 1.54) is 5.57 Å². The molecule has 0 aromatic heterocycles.